The van der Waals surface area contributed by atoms with Crippen LogP contribution in [0.25, 0.3) is 0 Å². The third-order valence-corrected chi connectivity index (χ3v) is 3.08. The second kappa shape index (κ2) is 6.64. The molecule has 0 amide bonds. The summed E-state index contributed by atoms with van der Waals surface area (Å²) in [7, 11) is 0. The molecule has 0 fully saturated rings. The molecule has 1 N–H and O–H groups in total. The Bertz CT molecular complexity index is 579. The van der Waals surface area contributed by atoms with Gasteiger partial charge in [-0.25, -0.2) is 4.79 Å². The van der Waals surface area contributed by atoms with Crippen molar-refractivity contribution >= 4 is 29.2 Å². The Kier molecular flexibility index (Phi) is 4.88. The number of carboxylic acid groups (broad SMARTS) is 1. The highest BCUT2D eigenvalue weighted by atomic mass is 35.5. The van der Waals surface area contributed by atoms with E-state index in [0.29, 0.717) is 21.4 Å². The molecule has 2 aromatic rings. The third kappa shape index (κ3) is 4.15. The summed E-state index contributed by atoms with van der Waals surface area (Å²) in [5, 5.41) is 10.2. The number of carboxylic acids is 1. The molecule has 0 aliphatic rings. The van der Waals surface area contributed by atoms with Crippen molar-refractivity contribution < 1.29 is 14.6 Å². The van der Waals surface area contributed by atoms with Crippen LogP contribution in [0.4, 0.5) is 0 Å². The number of rotatable bonds is 5. The number of carbonyl (C=O) groups is 1. The van der Waals surface area contributed by atoms with Gasteiger partial charge in [-0.05, 0) is 35.9 Å². The second-order valence-corrected chi connectivity index (χ2v) is 5.11. The average Bonchev–Trinajstić information content (AvgIpc) is 2.38. The Morgan fingerprint density at radius 2 is 1.70 bits per heavy atom. The fourth-order valence-electron chi connectivity index (χ4n) is 1.79. The van der Waals surface area contributed by atoms with Gasteiger partial charge >= 0.3 is 5.97 Å². The highest BCUT2D eigenvalue weighted by Crippen LogP contribution is 2.21. The maximum Gasteiger partial charge on any atom is 0.345 e. The van der Waals surface area contributed by atoms with Crippen molar-refractivity contribution in [3.05, 3.63) is 64.1 Å². The fourth-order valence-corrected chi connectivity index (χ4v) is 2.36. The molecule has 5 heteroatoms. The number of aliphatic carboxylic acids is 1. The van der Waals surface area contributed by atoms with E-state index in [1.54, 1.807) is 42.5 Å². The molecule has 0 saturated heterocycles. The van der Waals surface area contributed by atoms with Gasteiger partial charge in [-0.15, -0.1) is 0 Å². The molecule has 0 spiro atoms. The van der Waals surface area contributed by atoms with Crippen molar-refractivity contribution in [3.63, 3.8) is 0 Å². The number of ether oxygens (including phenoxy) is 1. The molecule has 0 radical (unpaired) electrons. The van der Waals surface area contributed by atoms with Crippen molar-refractivity contribution in [2.24, 2.45) is 0 Å². The smallest absolute Gasteiger partial charge is 0.345 e. The lowest BCUT2D eigenvalue weighted by Crippen LogP contribution is -2.29. The highest BCUT2D eigenvalue weighted by Gasteiger charge is 2.20. The van der Waals surface area contributed by atoms with E-state index in [2.05, 4.69) is 0 Å². The van der Waals surface area contributed by atoms with E-state index < -0.39 is 12.1 Å². The van der Waals surface area contributed by atoms with E-state index in [1.807, 2.05) is 6.07 Å². The van der Waals surface area contributed by atoms with Gasteiger partial charge in [0, 0.05) is 16.5 Å². The zero-order valence-electron chi connectivity index (χ0n) is 10.4. The minimum absolute atomic E-state index is 0.185. The molecule has 0 bridgehead atoms. The van der Waals surface area contributed by atoms with Gasteiger partial charge in [0.25, 0.3) is 0 Å². The predicted octanol–water partition coefficient (Wildman–Crippen LogP) is 4.07. The standard InChI is InChI=1S/C15H12Cl2O3/c16-11-6-10(7-12(17)9-11)8-14(15(18)19)20-13-4-2-1-3-5-13/h1-7,9,14H,8H2,(H,18,19)/t14-/m0/s1. The highest BCUT2D eigenvalue weighted by molar-refractivity contribution is 6.34. The van der Waals surface area contributed by atoms with Crippen molar-refractivity contribution in [3.8, 4) is 5.75 Å². The van der Waals surface area contributed by atoms with Crippen molar-refractivity contribution in [1.29, 1.82) is 0 Å². The van der Waals surface area contributed by atoms with Crippen LogP contribution in [0.5, 0.6) is 5.75 Å². The summed E-state index contributed by atoms with van der Waals surface area (Å²) in [6.45, 7) is 0. The maximum absolute atomic E-state index is 11.3. The molecule has 0 heterocycles. The van der Waals surface area contributed by atoms with Gasteiger partial charge < -0.3 is 9.84 Å². The van der Waals surface area contributed by atoms with Crippen LogP contribution >= 0.6 is 23.2 Å². The van der Waals surface area contributed by atoms with Gasteiger partial charge in [0.05, 0.1) is 0 Å². The van der Waals surface area contributed by atoms with Crippen LogP contribution in [0.3, 0.4) is 0 Å². The first kappa shape index (κ1) is 14.7. The van der Waals surface area contributed by atoms with Crippen LogP contribution in [0.2, 0.25) is 10.0 Å². The number of halogens is 2. The van der Waals surface area contributed by atoms with Crippen LogP contribution in [0, 0.1) is 0 Å². The average molecular weight is 311 g/mol. The molecule has 104 valence electrons. The SMILES string of the molecule is O=C(O)[C@H](Cc1cc(Cl)cc(Cl)c1)Oc1ccccc1. The van der Waals surface area contributed by atoms with E-state index in [9.17, 15) is 9.90 Å². The van der Waals surface area contributed by atoms with Gasteiger partial charge in [0.1, 0.15) is 5.75 Å². The Morgan fingerprint density at radius 3 is 2.25 bits per heavy atom. The lowest BCUT2D eigenvalue weighted by Gasteiger charge is -2.15. The fraction of sp³-hybridized carbons (Fsp3) is 0.133. The normalized spacial score (nSPS) is 11.9. The Hall–Kier alpha value is -1.71. The first-order valence-corrected chi connectivity index (χ1v) is 6.69. The van der Waals surface area contributed by atoms with Crippen molar-refractivity contribution in [2.45, 2.75) is 12.5 Å². The first-order chi connectivity index (χ1) is 9.54. The van der Waals surface area contributed by atoms with E-state index in [1.165, 1.54) is 0 Å². The first-order valence-electron chi connectivity index (χ1n) is 5.94. The quantitative estimate of drug-likeness (QED) is 0.905. The molecule has 20 heavy (non-hydrogen) atoms. The molecular weight excluding hydrogens is 299 g/mol. The summed E-state index contributed by atoms with van der Waals surface area (Å²) in [4.78, 5) is 11.3. The van der Waals surface area contributed by atoms with Crippen LogP contribution in [-0.2, 0) is 11.2 Å². The van der Waals surface area contributed by atoms with Crippen LogP contribution in [0.15, 0.2) is 48.5 Å². The second-order valence-electron chi connectivity index (χ2n) is 4.24. The molecule has 3 nitrogen and oxygen atoms in total. The largest absolute Gasteiger partial charge is 0.478 e. The lowest BCUT2D eigenvalue weighted by atomic mass is 10.1. The summed E-state index contributed by atoms with van der Waals surface area (Å²) in [6.07, 6.45) is -0.809. The molecule has 2 aromatic carbocycles. The summed E-state index contributed by atoms with van der Waals surface area (Å²) < 4.78 is 5.47. The summed E-state index contributed by atoms with van der Waals surface area (Å²) in [6, 6.07) is 13.8. The number of para-hydroxylation sites is 1. The maximum atomic E-state index is 11.3. The monoisotopic (exact) mass is 310 g/mol. The zero-order chi connectivity index (χ0) is 14.5. The van der Waals surface area contributed by atoms with Crippen LogP contribution in [0.1, 0.15) is 5.56 Å². The minimum Gasteiger partial charge on any atom is -0.478 e. The third-order valence-electron chi connectivity index (χ3n) is 2.64. The van der Waals surface area contributed by atoms with Gasteiger partial charge in [-0.3, -0.25) is 0 Å². The summed E-state index contributed by atoms with van der Waals surface area (Å²) in [5.74, 6) is -0.530. The van der Waals surface area contributed by atoms with Crippen molar-refractivity contribution in [2.75, 3.05) is 0 Å². The molecule has 0 aromatic heterocycles. The van der Waals surface area contributed by atoms with E-state index in [4.69, 9.17) is 27.9 Å². The topological polar surface area (TPSA) is 46.5 Å². The number of benzene rings is 2. The van der Waals surface area contributed by atoms with E-state index in [0.717, 1.165) is 0 Å². The summed E-state index contributed by atoms with van der Waals surface area (Å²) >= 11 is 11.8. The molecular formula is C15H12Cl2O3. The van der Waals surface area contributed by atoms with Gasteiger partial charge in [0.15, 0.2) is 6.10 Å². The van der Waals surface area contributed by atoms with E-state index >= 15 is 0 Å². The molecule has 1 atom stereocenters. The number of hydrogen-bond donors (Lipinski definition) is 1. The van der Waals surface area contributed by atoms with Gasteiger partial charge in [-0.1, -0.05) is 41.4 Å². The molecule has 0 saturated carbocycles. The molecule has 0 aliphatic heterocycles. The number of hydrogen-bond acceptors (Lipinski definition) is 2. The van der Waals surface area contributed by atoms with E-state index in [-0.39, 0.29) is 6.42 Å². The Labute approximate surface area is 126 Å². The van der Waals surface area contributed by atoms with Crippen LogP contribution in [-0.4, -0.2) is 17.2 Å². The Morgan fingerprint density at radius 1 is 1.10 bits per heavy atom. The Balaban J connectivity index is 2.15. The van der Waals surface area contributed by atoms with Gasteiger partial charge in [-0.2, -0.15) is 0 Å². The van der Waals surface area contributed by atoms with Crippen molar-refractivity contribution in [1.82, 2.24) is 0 Å². The van der Waals surface area contributed by atoms with Crippen LogP contribution < -0.4 is 4.74 Å². The molecule has 0 aliphatic carbocycles. The molecule has 0 unspecified atom stereocenters. The molecule has 2 rings (SSSR count). The minimum atomic E-state index is -1.04. The van der Waals surface area contributed by atoms with Gasteiger partial charge in [0.2, 0.25) is 0 Å². The predicted molar refractivity (Wildman–Crippen MR) is 78.7 cm³/mol. The lowest BCUT2D eigenvalue weighted by molar-refractivity contribution is -0.145. The summed E-state index contributed by atoms with van der Waals surface area (Å²) in [5.41, 5.74) is 0.714. The zero-order valence-corrected chi connectivity index (χ0v) is 11.9.